The molecule has 4 heteroatoms. The molecule has 0 bridgehead atoms. The molecule has 1 rings (SSSR count). The van der Waals surface area contributed by atoms with Crippen molar-refractivity contribution in [1.82, 2.24) is 0 Å². The predicted octanol–water partition coefficient (Wildman–Crippen LogP) is 2.58. The molecule has 2 N–H and O–H groups in total. The van der Waals surface area contributed by atoms with Crippen LogP contribution in [0.3, 0.4) is 0 Å². The molecule has 0 unspecified atom stereocenters. The maximum Gasteiger partial charge on any atom is 0.259 e. The van der Waals surface area contributed by atoms with E-state index >= 15 is 0 Å². The van der Waals surface area contributed by atoms with Gasteiger partial charge < -0.3 is 5.73 Å². The Hall–Kier alpha value is -1.34. The number of nitrogens with zero attached hydrogens (tertiary/aromatic N) is 1. The minimum Gasteiger partial charge on any atom is -0.365 e. The average Bonchev–Trinajstić information content (AvgIpc) is 2.55. The van der Waals surface area contributed by atoms with Crippen molar-refractivity contribution in [2.45, 2.75) is 39.5 Å². The highest BCUT2D eigenvalue weighted by molar-refractivity contribution is 7.14. The van der Waals surface area contributed by atoms with Crippen LogP contribution in [0.2, 0.25) is 0 Å². The molecule has 1 aromatic rings. The van der Waals surface area contributed by atoms with Crippen molar-refractivity contribution in [2.24, 2.45) is 5.73 Å². The second-order valence-corrected chi connectivity index (χ2v) is 5.79. The number of hydrogen-bond acceptors (Lipinski definition) is 3. The van der Waals surface area contributed by atoms with Crippen molar-refractivity contribution in [3.63, 3.8) is 0 Å². The molecular formula is C12H16N2OS. The molecule has 0 aliphatic carbocycles. The van der Waals surface area contributed by atoms with Crippen molar-refractivity contribution in [3.8, 4) is 6.07 Å². The fraction of sp³-hybridized carbons (Fsp3) is 0.500. The third kappa shape index (κ3) is 2.10. The minimum absolute atomic E-state index is 0.237. The fourth-order valence-corrected chi connectivity index (χ4v) is 2.99. The zero-order valence-corrected chi connectivity index (χ0v) is 10.9. The van der Waals surface area contributed by atoms with Crippen LogP contribution in [0, 0.1) is 11.3 Å². The van der Waals surface area contributed by atoms with E-state index in [2.05, 4.69) is 6.07 Å². The van der Waals surface area contributed by atoms with Gasteiger partial charge in [-0.15, -0.1) is 11.3 Å². The van der Waals surface area contributed by atoms with E-state index in [0.29, 0.717) is 10.4 Å². The molecule has 0 spiro atoms. The largest absolute Gasteiger partial charge is 0.365 e. The van der Waals surface area contributed by atoms with Gasteiger partial charge in [0, 0.05) is 4.88 Å². The Morgan fingerprint density at radius 1 is 1.50 bits per heavy atom. The summed E-state index contributed by atoms with van der Waals surface area (Å²) < 4.78 is 0. The molecule has 86 valence electrons. The van der Waals surface area contributed by atoms with Gasteiger partial charge in [0.1, 0.15) is 6.07 Å². The standard InChI is InChI=1S/C12H16N2OS/c1-5-8-7(6-13)9(12(2,3)4)10(16-8)11(14)15/h5H2,1-4H3,(H2,14,15). The number of amides is 1. The van der Waals surface area contributed by atoms with Crippen LogP contribution in [-0.4, -0.2) is 5.91 Å². The van der Waals surface area contributed by atoms with E-state index in [-0.39, 0.29) is 5.41 Å². The van der Waals surface area contributed by atoms with Crippen molar-refractivity contribution in [3.05, 3.63) is 20.9 Å². The fourth-order valence-electron chi connectivity index (χ4n) is 1.73. The van der Waals surface area contributed by atoms with Crippen LogP contribution in [0.5, 0.6) is 0 Å². The third-order valence-electron chi connectivity index (χ3n) is 2.39. The van der Waals surface area contributed by atoms with Crippen LogP contribution in [0.15, 0.2) is 0 Å². The Kier molecular flexibility index (Phi) is 3.39. The highest BCUT2D eigenvalue weighted by atomic mass is 32.1. The zero-order valence-electron chi connectivity index (χ0n) is 10.0. The van der Waals surface area contributed by atoms with Gasteiger partial charge in [0.25, 0.3) is 5.91 Å². The van der Waals surface area contributed by atoms with Crippen molar-refractivity contribution < 1.29 is 4.79 Å². The Morgan fingerprint density at radius 3 is 2.38 bits per heavy atom. The molecule has 16 heavy (non-hydrogen) atoms. The predicted molar refractivity (Wildman–Crippen MR) is 65.6 cm³/mol. The van der Waals surface area contributed by atoms with E-state index in [9.17, 15) is 10.1 Å². The van der Waals surface area contributed by atoms with Gasteiger partial charge in [-0.2, -0.15) is 5.26 Å². The van der Waals surface area contributed by atoms with Crippen LogP contribution < -0.4 is 5.73 Å². The van der Waals surface area contributed by atoms with Crippen LogP contribution in [0.4, 0.5) is 0 Å². The molecule has 0 radical (unpaired) electrons. The number of carbonyl (C=O) groups excluding carboxylic acids is 1. The quantitative estimate of drug-likeness (QED) is 0.857. The molecule has 0 aliphatic rings. The number of primary amides is 1. The summed E-state index contributed by atoms with van der Waals surface area (Å²) in [5.74, 6) is -0.439. The van der Waals surface area contributed by atoms with Crippen molar-refractivity contribution >= 4 is 17.2 Å². The first-order valence-electron chi connectivity index (χ1n) is 5.19. The smallest absolute Gasteiger partial charge is 0.259 e. The van der Waals surface area contributed by atoms with Gasteiger partial charge >= 0.3 is 0 Å². The van der Waals surface area contributed by atoms with Crippen molar-refractivity contribution in [1.29, 1.82) is 5.26 Å². The highest BCUT2D eigenvalue weighted by Gasteiger charge is 2.28. The molecule has 0 aliphatic heterocycles. The van der Waals surface area contributed by atoms with E-state index in [1.54, 1.807) is 0 Å². The first-order chi connectivity index (χ1) is 7.32. The lowest BCUT2D eigenvalue weighted by Crippen LogP contribution is -2.19. The lowest BCUT2D eigenvalue weighted by molar-refractivity contribution is 0.100. The van der Waals surface area contributed by atoms with E-state index in [4.69, 9.17) is 5.73 Å². The number of aryl methyl sites for hydroxylation is 1. The zero-order chi connectivity index (χ0) is 12.5. The first-order valence-corrected chi connectivity index (χ1v) is 6.00. The lowest BCUT2D eigenvalue weighted by atomic mass is 9.83. The van der Waals surface area contributed by atoms with E-state index < -0.39 is 5.91 Å². The summed E-state index contributed by atoms with van der Waals surface area (Å²) in [7, 11) is 0. The maximum atomic E-state index is 11.4. The number of rotatable bonds is 2. The topological polar surface area (TPSA) is 66.9 Å². The Balaban J connectivity index is 3.60. The number of hydrogen-bond donors (Lipinski definition) is 1. The first kappa shape index (κ1) is 12.7. The van der Waals surface area contributed by atoms with Crippen LogP contribution in [0.25, 0.3) is 0 Å². The lowest BCUT2D eigenvalue weighted by Gasteiger charge is -2.19. The van der Waals surface area contributed by atoms with E-state index in [0.717, 1.165) is 16.9 Å². The molecule has 0 saturated carbocycles. The number of carbonyl (C=O) groups is 1. The van der Waals surface area contributed by atoms with Gasteiger partial charge in [-0.1, -0.05) is 27.7 Å². The van der Waals surface area contributed by atoms with Gasteiger partial charge in [0.15, 0.2) is 0 Å². The third-order valence-corrected chi connectivity index (χ3v) is 3.74. The molecule has 0 atom stereocenters. The van der Waals surface area contributed by atoms with Gasteiger partial charge in [-0.25, -0.2) is 0 Å². The minimum atomic E-state index is -0.439. The van der Waals surface area contributed by atoms with E-state index in [1.165, 1.54) is 11.3 Å². The van der Waals surface area contributed by atoms with Crippen LogP contribution in [-0.2, 0) is 11.8 Å². The number of nitrogens with two attached hydrogens (primary N) is 1. The molecular weight excluding hydrogens is 220 g/mol. The SMILES string of the molecule is CCc1sc(C(N)=O)c(C(C)(C)C)c1C#N. The molecule has 3 nitrogen and oxygen atoms in total. The Bertz CT molecular complexity index is 461. The van der Waals surface area contributed by atoms with Gasteiger partial charge in [-0.05, 0) is 17.4 Å². The number of nitriles is 1. The molecule has 1 heterocycles. The molecule has 1 aromatic heterocycles. The van der Waals surface area contributed by atoms with Gasteiger partial charge in [-0.3, -0.25) is 4.79 Å². The molecule has 0 fully saturated rings. The van der Waals surface area contributed by atoms with E-state index in [1.807, 2.05) is 27.7 Å². The summed E-state index contributed by atoms with van der Waals surface area (Å²) in [6, 6.07) is 2.20. The normalized spacial score (nSPS) is 11.2. The van der Waals surface area contributed by atoms with Gasteiger partial charge in [0.05, 0.1) is 10.4 Å². The summed E-state index contributed by atoms with van der Waals surface area (Å²) in [4.78, 5) is 12.9. The Morgan fingerprint density at radius 2 is 2.06 bits per heavy atom. The van der Waals surface area contributed by atoms with Gasteiger partial charge in [0.2, 0.25) is 0 Å². The second kappa shape index (κ2) is 4.26. The van der Waals surface area contributed by atoms with Crippen LogP contribution >= 0.6 is 11.3 Å². The van der Waals surface area contributed by atoms with Crippen LogP contribution in [0.1, 0.15) is 53.4 Å². The summed E-state index contributed by atoms with van der Waals surface area (Å²) in [5, 5.41) is 9.19. The second-order valence-electron chi connectivity index (χ2n) is 4.68. The highest BCUT2D eigenvalue weighted by Crippen LogP contribution is 2.36. The monoisotopic (exact) mass is 236 g/mol. The summed E-state index contributed by atoms with van der Waals surface area (Å²) in [6.07, 6.45) is 0.754. The molecule has 0 saturated heterocycles. The summed E-state index contributed by atoms with van der Waals surface area (Å²) >= 11 is 1.35. The average molecular weight is 236 g/mol. The Labute approximate surface area is 99.9 Å². The molecule has 0 aromatic carbocycles. The van der Waals surface area contributed by atoms with Crippen molar-refractivity contribution in [2.75, 3.05) is 0 Å². The summed E-state index contributed by atoms with van der Waals surface area (Å²) in [5.41, 5.74) is 6.56. The maximum absolute atomic E-state index is 11.4. The number of thiophene rings is 1. The molecule has 1 amide bonds. The summed E-state index contributed by atoms with van der Waals surface area (Å²) in [6.45, 7) is 7.94.